The Kier molecular flexibility index (Phi) is 3.09. The number of halogens is 1. The molecule has 1 fully saturated rings. The lowest BCUT2D eigenvalue weighted by Gasteiger charge is -2.10. The maximum Gasteiger partial charge on any atom is 0.102 e. The molecule has 14 heavy (non-hydrogen) atoms. The fourth-order valence-corrected chi connectivity index (χ4v) is 1.86. The number of aromatic nitrogens is 1. The predicted molar refractivity (Wildman–Crippen MR) is 53.6 cm³/mol. The Morgan fingerprint density at radius 2 is 2.36 bits per heavy atom. The first-order valence-electron chi connectivity index (χ1n) is 5.12. The number of alkyl halides is 1. The van der Waals surface area contributed by atoms with Gasteiger partial charge in [-0.05, 0) is 31.4 Å². The van der Waals surface area contributed by atoms with Crippen LogP contribution in [0, 0.1) is 0 Å². The molecule has 0 bridgehead atoms. The highest BCUT2D eigenvalue weighted by atomic mass is 19.1. The van der Waals surface area contributed by atoms with E-state index in [0.717, 1.165) is 18.7 Å². The Balaban J connectivity index is 1.78. The first-order valence-corrected chi connectivity index (χ1v) is 5.12. The molecule has 1 aliphatic rings. The van der Waals surface area contributed by atoms with Crippen LogP contribution in [0.3, 0.4) is 0 Å². The Labute approximate surface area is 83.6 Å². The molecule has 0 saturated heterocycles. The lowest BCUT2D eigenvalue weighted by Crippen LogP contribution is -2.26. The molecule has 2 nitrogen and oxygen atoms in total. The molecule has 1 saturated carbocycles. The van der Waals surface area contributed by atoms with Crippen LogP contribution in [-0.4, -0.2) is 17.2 Å². The maximum absolute atomic E-state index is 12.8. The van der Waals surface area contributed by atoms with Crippen molar-refractivity contribution in [3.8, 4) is 0 Å². The van der Waals surface area contributed by atoms with Gasteiger partial charge in [0.2, 0.25) is 0 Å². The van der Waals surface area contributed by atoms with E-state index in [4.69, 9.17) is 0 Å². The Morgan fingerprint density at radius 1 is 1.43 bits per heavy atom. The van der Waals surface area contributed by atoms with Crippen molar-refractivity contribution in [2.75, 3.05) is 0 Å². The van der Waals surface area contributed by atoms with Gasteiger partial charge >= 0.3 is 0 Å². The van der Waals surface area contributed by atoms with Crippen LogP contribution < -0.4 is 5.32 Å². The van der Waals surface area contributed by atoms with Gasteiger partial charge in [-0.1, -0.05) is 6.07 Å². The van der Waals surface area contributed by atoms with Gasteiger partial charge in [0.25, 0.3) is 0 Å². The first-order chi connectivity index (χ1) is 6.84. The minimum atomic E-state index is -0.601. The predicted octanol–water partition coefficient (Wildman–Crippen LogP) is 2.06. The highest BCUT2D eigenvalue weighted by Gasteiger charge is 2.23. The molecule has 1 aromatic heterocycles. The summed E-state index contributed by atoms with van der Waals surface area (Å²) < 4.78 is 12.8. The summed E-state index contributed by atoms with van der Waals surface area (Å²) in [6.45, 7) is 0.748. The second kappa shape index (κ2) is 4.51. The van der Waals surface area contributed by atoms with E-state index < -0.39 is 6.17 Å². The third-order valence-corrected chi connectivity index (χ3v) is 2.67. The van der Waals surface area contributed by atoms with Crippen molar-refractivity contribution >= 4 is 0 Å². The van der Waals surface area contributed by atoms with Crippen LogP contribution in [-0.2, 0) is 6.54 Å². The standard InChI is InChI=1S/C11H15FN2/c12-9-4-5-10(7-9)14-8-11-3-1-2-6-13-11/h1-3,6,9-10,14H,4-5,7-8H2/t9-,10+/m1/s1. The van der Waals surface area contributed by atoms with Crippen molar-refractivity contribution in [2.45, 2.75) is 38.0 Å². The largest absolute Gasteiger partial charge is 0.308 e. The number of rotatable bonds is 3. The number of pyridine rings is 1. The van der Waals surface area contributed by atoms with Crippen LogP contribution in [0.15, 0.2) is 24.4 Å². The normalized spacial score (nSPS) is 26.6. The average molecular weight is 194 g/mol. The minimum Gasteiger partial charge on any atom is -0.308 e. The second-order valence-corrected chi connectivity index (χ2v) is 3.81. The van der Waals surface area contributed by atoms with E-state index in [-0.39, 0.29) is 0 Å². The highest BCUT2D eigenvalue weighted by Crippen LogP contribution is 2.21. The van der Waals surface area contributed by atoms with Crippen LogP contribution in [0.25, 0.3) is 0 Å². The van der Waals surface area contributed by atoms with Gasteiger partial charge in [-0.2, -0.15) is 0 Å². The van der Waals surface area contributed by atoms with E-state index in [9.17, 15) is 4.39 Å². The van der Waals surface area contributed by atoms with Crippen LogP contribution >= 0.6 is 0 Å². The molecule has 0 spiro atoms. The number of nitrogens with one attached hydrogen (secondary N) is 1. The molecule has 0 radical (unpaired) electrons. The van der Waals surface area contributed by atoms with E-state index in [0.29, 0.717) is 18.9 Å². The molecule has 0 aromatic carbocycles. The number of hydrogen-bond donors (Lipinski definition) is 1. The molecule has 1 N–H and O–H groups in total. The Hall–Kier alpha value is -0.960. The second-order valence-electron chi connectivity index (χ2n) is 3.81. The summed E-state index contributed by atoms with van der Waals surface area (Å²) in [6, 6.07) is 6.19. The average Bonchev–Trinajstić information content (AvgIpc) is 2.63. The molecule has 1 aromatic rings. The smallest absolute Gasteiger partial charge is 0.102 e. The van der Waals surface area contributed by atoms with Crippen LogP contribution in [0.5, 0.6) is 0 Å². The maximum atomic E-state index is 12.8. The summed E-state index contributed by atoms with van der Waals surface area (Å²) in [5, 5.41) is 3.33. The van der Waals surface area contributed by atoms with Gasteiger partial charge < -0.3 is 5.32 Å². The molecular weight excluding hydrogens is 179 g/mol. The Bertz CT molecular complexity index is 276. The molecule has 3 heteroatoms. The van der Waals surface area contributed by atoms with Crippen molar-refractivity contribution in [3.63, 3.8) is 0 Å². The third kappa shape index (κ3) is 2.51. The van der Waals surface area contributed by atoms with Gasteiger partial charge in [0.05, 0.1) is 5.69 Å². The van der Waals surface area contributed by atoms with Gasteiger partial charge in [-0.15, -0.1) is 0 Å². The lowest BCUT2D eigenvalue weighted by molar-refractivity contribution is 0.333. The van der Waals surface area contributed by atoms with Gasteiger partial charge in [-0.3, -0.25) is 4.98 Å². The lowest BCUT2D eigenvalue weighted by atomic mass is 10.2. The molecule has 0 unspecified atom stereocenters. The summed E-state index contributed by atoms with van der Waals surface area (Å²) in [5.41, 5.74) is 1.02. The van der Waals surface area contributed by atoms with Gasteiger partial charge in [-0.25, -0.2) is 4.39 Å². The van der Waals surface area contributed by atoms with E-state index in [2.05, 4.69) is 10.3 Å². The SMILES string of the molecule is F[C@@H]1CC[C@H](NCc2ccccn2)C1. The topological polar surface area (TPSA) is 24.9 Å². The summed E-state index contributed by atoms with van der Waals surface area (Å²) in [7, 11) is 0. The molecule has 0 amide bonds. The van der Waals surface area contributed by atoms with Crippen molar-refractivity contribution in [2.24, 2.45) is 0 Å². The summed E-state index contributed by atoms with van der Waals surface area (Å²) >= 11 is 0. The molecule has 1 aliphatic carbocycles. The van der Waals surface area contributed by atoms with E-state index >= 15 is 0 Å². The van der Waals surface area contributed by atoms with E-state index in [1.165, 1.54) is 0 Å². The third-order valence-electron chi connectivity index (χ3n) is 2.67. The van der Waals surface area contributed by atoms with Gasteiger partial charge in [0.15, 0.2) is 0 Å². The molecule has 2 rings (SSSR count). The fourth-order valence-electron chi connectivity index (χ4n) is 1.86. The molecule has 76 valence electrons. The summed E-state index contributed by atoms with van der Waals surface area (Å²) in [4.78, 5) is 4.20. The van der Waals surface area contributed by atoms with Crippen LogP contribution in [0.4, 0.5) is 4.39 Å². The van der Waals surface area contributed by atoms with Crippen molar-refractivity contribution < 1.29 is 4.39 Å². The molecular formula is C11H15FN2. The van der Waals surface area contributed by atoms with Crippen LogP contribution in [0.1, 0.15) is 25.0 Å². The highest BCUT2D eigenvalue weighted by molar-refractivity contribution is 5.03. The molecule has 0 aliphatic heterocycles. The zero-order valence-electron chi connectivity index (χ0n) is 8.12. The van der Waals surface area contributed by atoms with E-state index in [1.54, 1.807) is 6.20 Å². The zero-order valence-corrected chi connectivity index (χ0v) is 8.12. The monoisotopic (exact) mass is 194 g/mol. The molecule has 1 heterocycles. The number of nitrogens with zero attached hydrogens (tertiary/aromatic N) is 1. The van der Waals surface area contributed by atoms with Gasteiger partial charge in [0, 0.05) is 18.8 Å². The van der Waals surface area contributed by atoms with Crippen molar-refractivity contribution in [1.29, 1.82) is 0 Å². The quantitative estimate of drug-likeness (QED) is 0.796. The minimum absolute atomic E-state index is 0.340. The van der Waals surface area contributed by atoms with Gasteiger partial charge in [0.1, 0.15) is 6.17 Å². The summed E-state index contributed by atoms with van der Waals surface area (Å²) in [5.74, 6) is 0. The zero-order chi connectivity index (χ0) is 9.80. The summed E-state index contributed by atoms with van der Waals surface area (Å²) in [6.07, 6.45) is 3.50. The van der Waals surface area contributed by atoms with Crippen molar-refractivity contribution in [3.05, 3.63) is 30.1 Å². The van der Waals surface area contributed by atoms with E-state index in [1.807, 2.05) is 18.2 Å². The fraction of sp³-hybridized carbons (Fsp3) is 0.545. The van der Waals surface area contributed by atoms with Crippen LogP contribution in [0.2, 0.25) is 0 Å². The number of hydrogen-bond acceptors (Lipinski definition) is 2. The molecule has 2 atom stereocenters. The first kappa shape index (κ1) is 9.59. The van der Waals surface area contributed by atoms with Crippen molar-refractivity contribution in [1.82, 2.24) is 10.3 Å². The Morgan fingerprint density at radius 3 is 3.00 bits per heavy atom.